The van der Waals surface area contributed by atoms with Crippen molar-refractivity contribution in [1.29, 1.82) is 0 Å². The lowest BCUT2D eigenvalue weighted by molar-refractivity contribution is -0.130. The fourth-order valence-corrected chi connectivity index (χ4v) is 3.63. The van der Waals surface area contributed by atoms with E-state index in [0.717, 1.165) is 39.6 Å². The molecule has 7 heteroatoms. The molecule has 2 aromatic heterocycles. The molecule has 148 valence electrons. The third-order valence-electron chi connectivity index (χ3n) is 4.95. The summed E-state index contributed by atoms with van der Waals surface area (Å²) in [6.07, 6.45) is 1.02. The molecule has 0 aliphatic heterocycles. The Kier molecular flexibility index (Phi) is 5.89. The van der Waals surface area contributed by atoms with E-state index in [4.69, 9.17) is 16.3 Å². The summed E-state index contributed by atoms with van der Waals surface area (Å²) in [5.41, 5.74) is 5.69. The van der Waals surface area contributed by atoms with E-state index in [9.17, 15) is 4.79 Å². The number of hydrogen-bond donors (Lipinski definition) is 0. The molecule has 3 rings (SSSR count). The number of fused-ring (bicyclic) bond motifs is 1. The molecule has 0 unspecified atom stereocenters. The largest absolute Gasteiger partial charge is 0.496 e. The third kappa shape index (κ3) is 4.12. The van der Waals surface area contributed by atoms with Crippen LogP contribution in [-0.2, 0) is 17.8 Å². The van der Waals surface area contributed by atoms with Crippen molar-refractivity contribution in [2.75, 3.05) is 14.2 Å². The number of ether oxygens (including phenoxy) is 1. The maximum absolute atomic E-state index is 12.7. The van der Waals surface area contributed by atoms with Gasteiger partial charge in [0.15, 0.2) is 5.65 Å². The maximum atomic E-state index is 12.7. The molecule has 0 aliphatic rings. The molecule has 0 aliphatic carbocycles. The average molecular weight is 401 g/mol. The van der Waals surface area contributed by atoms with Crippen molar-refractivity contribution in [3.63, 3.8) is 0 Å². The van der Waals surface area contributed by atoms with Crippen molar-refractivity contribution in [1.82, 2.24) is 19.5 Å². The number of amides is 1. The number of rotatable bonds is 6. The van der Waals surface area contributed by atoms with Crippen molar-refractivity contribution in [2.24, 2.45) is 0 Å². The number of halogens is 1. The fraction of sp³-hybridized carbons (Fsp3) is 0.381. The van der Waals surface area contributed by atoms with Crippen LogP contribution in [0.5, 0.6) is 5.75 Å². The molecule has 2 heterocycles. The van der Waals surface area contributed by atoms with Gasteiger partial charge in [-0.25, -0.2) is 9.50 Å². The van der Waals surface area contributed by atoms with E-state index in [1.807, 2.05) is 43.5 Å². The Balaban J connectivity index is 1.72. The van der Waals surface area contributed by atoms with Gasteiger partial charge in [0.1, 0.15) is 5.75 Å². The van der Waals surface area contributed by atoms with Crippen molar-refractivity contribution in [3.05, 3.63) is 57.5 Å². The Labute approximate surface area is 170 Å². The Bertz CT molecular complexity index is 1030. The predicted octanol–water partition coefficient (Wildman–Crippen LogP) is 3.91. The van der Waals surface area contributed by atoms with Crippen LogP contribution in [0.4, 0.5) is 0 Å². The van der Waals surface area contributed by atoms with Crippen molar-refractivity contribution < 1.29 is 9.53 Å². The Morgan fingerprint density at radius 2 is 2.00 bits per heavy atom. The van der Waals surface area contributed by atoms with Gasteiger partial charge >= 0.3 is 0 Å². The lowest BCUT2D eigenvalue weighted by atomic mass is 10.1. The molecule has 28 heavy (non-hydrogen) atoms. The van der Waals surface area contributed by atoms with Gasteiger partial charge in [-0.05, 0) is 51.0 Å². The highest BCUT2D eigenvalue weighted by Crippen LogP contribution is 2.24. The van der Waals surface area contributed by atoms with Crippen LogP contribution in [-0.4, -0.2) is 39.6 Å². The summed E-state index contributed by atoms with van der Waals surface area (Å²) >= 11 is 6.09. The van der Waals surface area contributed by atoms with Crippen LogP contribution in [0.3, 0.4) is 0 Å². The molecule has 0 spiro atoms. The Hall–Kier alpha value is -2.60. The van der Waals surface area contributed by atoms with Crippen LogP contribution < -0.4 is 4.74 Å². The molecule has 0 atom stereocenters. The zero-order valence-corrected chi connectivity index (χ0v) is 17.7. The van der Waals surface area contributed by atoms with Crippen LogP contribution in [0.15, 0.2) is 24.3 Å². The predicted molar refractivity (Wildman–Crippen MR) is 110 cm³/mol. The first-order valence-electron chi connectivity index (χ1n) is 9.19. The van der Waals surface area contributed by atoms with Gasteiger partial charge < -0.3 is 9.64 Å². The Morgan fingerprint density at radius 3 is 2.71 bits per heavy atom. The highest BCUT2D eigenvalue weighted by Gasteiger charge is 2.16. The SMILES string of the molecule is COc1ccc(Cl)cc1CN(C)C(=O)CCc1c(C)nc2cc(C)nn2c1C. The second kappa shape index (κ2) is 8.19. The van der Waals surface area contributed by atoms with Crippen LogP contribution in [0.2, 0.25) is 5.02 Å². The quantitative estimate of drug-likeness (QED) is 0.629. The van der Waals surface area contributed by atoms with Crippen LogP contribution >= 0.6 is 11.6 Å². The van der Waals surface area contributed by atoms with Gasteiger partial charge in [-0.15, -0.1) is 0 Å². The van der Waals surface area contributed by atoms with Crippen LogP contribution in [0.25, 0.3) is 5.65 Å². The molecule has 6 nitrogen and oxygen atoms in total. The highest BCUT2D eigenvalue weighted by atomic mass is 35.5. The van der Waals surface area contributed by atoms with Gasteiger partial charge in [-0.1, -0.05) is 11.6 Å². The molecule has 0 saturated heterocycles. The first-order chi connectivity index (χ1) is 13.3. The minimum Gasteiger partial charge on any atom is -0.496 e. The second-order valence-corrected chi connectivity index (χ2v) is 7.46. The topological polar surface area (TPSA) is 59.7 Å². The van der Waals surface area contributed by atoms with Crippen LogP contribution in [0.1, 0.15) is 34.6 Å². The summed E-state index contributed by atoms with van der Waals surface area (Å²) in [4.78, 5) is 19.0. The van der Waals surface area contributed by atoms with Crippen LogP contribution in [0, 0.1) is 20.8 Å². The lowest BCUT2D eigenvalue weighted by Crippen LogP contribution is -2.27. The van der Waals surface area contributed by atoms with Gasteiger partial charge in [0.2, 0.25) is 5.91 Å². The number of hydrogen-bond acceptors (Lipinski definition) is 4. The lowest BCUT2D eigenvalue weighted by Gasteiger charge is -2.19. The molecular weight excluding hydrogens is 376 g/mol. The molecule has 0 saturated carbocycles. The van der Waals surface area contributed by atoms with E-state index in [1.165, 1.54) is 0 Å². The summed E-state index contributed by atoms with van der Waals surface area (Å²) in [6.45, 7) is 6.39. The van der Waals surface area contributed by atoms with Gasteiger partial charge in [0, 0.05) is 48.1 Å². The van der Waals surface area contributed by atoms with Gasteiger partial charge in [0.25, 0.3) is 0 Å². The minimum atomic E-state index is 0.0533. The summed E-state index contributed by atoms with van der Waals surface area (Å²) in [7, 11) is 3.40. The molecule has 0 bridgehead atoms. The molecule has 1 aromatic carbocycles. The van der Waals surface area contributed by atoms with E-state index in [0.29, 0.717) is 24.4 Å². The molecule has 3 aromatic rings. The van der Waals surface area contributed by atoms with E-state index >= 15 is 0 Å². The van der Waals surface area contributed by atoms with Crippen molar-refractivity contribution >= 4 is 23.2 Å². The minimum absolute atomic E-state index is 0.0533. The van der Waals surface area contributed by atoms with E-state index in [-0.39, 0.29) is 5.91 Å². The maximum Gasteiger partial charge on any atom is 0.222 e. The second-order valence-electron chi connectivity index (χ2n) is 7.02. The average Bonchev–Trinajstić information content (AvgIpc) is 3.01. The fourth-order valence-electron chi connectivity index (χ4n) is 3.44. The van der Waals surface area contributed by atoms with Gasteiger partial charge in [-0.2, -0.15) is 5.10 Å². The van der Waals surface area contributed by atoms with E-state index < -0.39 is 0 Å². The smallest absolute Gasteiger partial charge is 0.222 e. The number of aryl methyl sites for hydroxylation is 3. The van der Waals surface area contributed by atoms with Gasteiger partial charge in [-0.3, -0.25) is 4.79 Å². The summed E-state index contributed by atoms with van der Waals surface area (Å²) in [5.74, 6) is 0.775. The molecular formula is C21H25ClN4O2. The molecule has 0 N–H and O–H groups in total. The molecule has 0 radical (unpaired) electrons. The molecule has 0 fully saturated rings. The Morgan fingerprint density at radius 1 is 1.25 bits per heavy atom. The first kappa shape index (κ1) is 20.1. The third-order valence-corrected chi connectivity index (χ3v) is 5.19. The number of nitrogens with zero attached hydrogens (tertiary/aromatic N) is 4. The summed E-state index contributed by atoms with van der Waals surface area (Å²) < 4.78 is 7.22. The normalized spacial score (nSPS) is 11.1. The number of benzene rings is 1. The van der Waals surface area contributed by atoms with E-state index in [2.05, 4.69) is 10.1 Å². The van der Waals surface area contributed by atoms with E-state index in [1.54, 1.807) is 25.1 Å². The highest BCUT2D eigenvalue weighted by molar-refractivity contribution is 6.30. The summed E-state index contributed by atoms with van der Waals surface area (Å²) in [6, 6.07) is 7.38. The standard InChI is InChI=1S/C21H25ClN4O2/c1-13-10-20-23-14(2)18(15(3)26(20)24-13)7-9-21(27)25(4)12-16-11-17(22)6-8-19(16)28-5/h6,8,10-11H,7,9,12H2,1-5H3. The van der Waals surface area contributed by atoms with Crippen molar-refractivity contribution in [2.45, 2.75) is 40.2 Å². The monoisotopic (exact) mass is 400 g/mol. The number of carbonyl (C=O) groups is 1. The summed E-state index contributed by atoms with van der Waals surface area (Å²) in [5, 5.41) is 5.11. The zero-order valence-electron chi connectivity index (χ0n) is 16.9. The number of carbonyl (C=O) groups excluding carboxylic acids is 1. The van der Waals surface area contributed by atoms with Crippen molar-refractivity contribution in [3.8, 4) is 5.75 Å². The number of methoxy groups -OCH3 is 1. The number of aromatic nitrogens is 3. The first-order valence-corrected chi connectivity index (χ1v) is 9.56. The molecule has 1 amide bonds. The zero-order chi connectivity index (χ0) is 20.4. The van der Waals surface area contributed by atoms with Gasteiger partial charge in [0.05, 0.1) is 12.8 Å².